The van der Waals surface area contributed by atoms with Crippen molar-refractivity contribution in [2.75, 3.05) is 6.54 Å². The molecule has 2 aromatic rings. The molecular weight excluding hydrogens is 352 g/mol. The van der Waals surface area contributed by atoms with Gasteiger partial charge < -0.3 is 4.90 Å². The van der Waals surface area contributed by atoms with Crippen molar-refractivity contribution >= 4 is 22.9 Å². The lowest BCUT2D eigenvalue weighted by Crippen LogP contribution is -2.25. The highest BCUT2D eigenvalue weighted by Gasteiger charge is 2.28. The Morgan fingerprint density at radius 3 is 2.23 bits per heavy atom. The lowest BCUT2D eigenvalue weighted by molar-refractivity contribution is 0.475. The number of allylic oxidation sites excluding steroid dienone is 3. The number of rotatable bonds is 3. The van der Waals surface area contributed by atoms with Crippen LogP contribution in [-0.2, 0) is 0 Å². The van der Waals surface area contributed by atoms with Crippen LogP contribution in [0.25, 0.3) is 11.3 Å². The molecule has 0 atom stereocenters. The number of halogens is 3. The Bertz CT molecular complexity index is 833. The van der Waals surface area contributed by atoms with Crippen LogP contribution in [0.1, 0.15) is 31.9 Å². The van der Waals surface area contributed by atoms with Gasteiger partial charge in [-0.25, -0.2) is 8.78 Å². The average molecular weight is 374 g/mol. The Labute approximate surface area is 158 Å². The lowest BCUT2D eigenvalue weighted by Gasteiger charge is -2.33. The first-order valence-electron chi connectivity index (χ1n) is 8.62. The minimum absolute atomic E-state index is 0.200. The van der Waals surface area contributed by atoms with E-state index in [0.29, 0.717) is 17.8 Å². The van der Waals surface area contributed by atoms with Crippen LogP contribution in [0.2, 0.25) is 5.02 Å². The van der Waals surface area contributed by atoms with Gasteiger partial charge in [0.05, 0.1) is 22.0 Å². The molecule has 0 bridgehead atoms. The van der Waals surface area contributed by atoms with Crippen molar-refractivity contribution < 1.29 is 8.78 Å². The zero-order valence-corrected chi connectivity index (χ0v) is 15.9. The summed E-state index contributed by atoms with van der Waals surface area (Å²) in [5, 5.41) is 0.278. The number of nitrogens with zero attached hydrogens (tertiary/aromatic N) is 1. The fourth-order valence-corrected chi connectivity index (χ4v) is 3.12. The van der Waals surface area contributed by atoms with Gasteiger partial charge in [-0.05, 0) is 30.7 Å². The van der Waals surface area contributed by atoms with Gasteiger partial charge in [-0.1, -0.05) is 68.4 Å². The summed E-state index contributed by atoms with van der Waals surface area (Å²) in [6, 6.07) is 13.8. The van der Waals surface area contributed by atoms with Gasteiger partial charge >= 0.3 is 0 Å². The van der Waals surface area contributed by atoms with E-state index in [2.05, 4.69) is 6.58 Å². The molecule has 0 spiro atoms. The molecule has 0 fully saturated rings. The first kappa shape index (κ1) is 19.9. The quantitative estimate of drug-likeness (QED) is 0.555. The van der Waals surface area contributed by atoms with Crippen molar-refractivity contribution in [1.82, 2.24) is 4.90 Å². The minimum atomic E-state index is -0.451. The van der Waals surface area contributed by atoms with Crippen LogP contribution in [-0.4, -0.2) is 11.4 Å². The largest absolute Gasteiger partial charge is 0.339 e. The predicted molar refractivity (Wildman–Crippen MR) is 107 cm³/mol. The SMILES string of the molecule is C=C1C(F)=CC(c2ccccc2)=C(c2c(F)cccc2Cl)N1CC.CC. The first-order valence-corrected chi connectivity index (χ1v) is 9.00. The van der Waals surface area contributed by atoms with Gasteiger partial charge in [0.2, 0.25) is 0 Å². The molecule has 4 heteroatoms. The van der Waals surface area contributed by atoms with Crippen molar-refractivity contribution in [2.45, 2.75) is 20.8 Å². The zero-order chi connectivity index (χ0) is 19.3. The van der Waals surface area contributed by atoms with Crippen LogP contribution >= 0.6 is 11.6 Å². The van der Waals surface area contributed by atoms with Crippen LogP contribution in [0.5, 0.6) is 0 Å². The average Bonchev–Trinajstić information content (AvgIpc) is 2.66. The molecule has 136 valence electrons. The van der Waals surface area contributed by atoms with E-state index in [1.54, 1.807) is 17.0 Å². The third kappa shape index (κ3) is 3.73. The molecular formula is C22H22ClF2N. The van der Waals surface area contributed by atoms with Gasteiger partial charge in [0.15, 0.2) is 0 Å². The highest BCUT2D eigenvalue weighted by molar-refractivity contribution is 6.32. The molecule has 2 aromatic carbocycles. The van der Waals surface area contributed by atoms with Gasteiger partial charge in [-0.15, -0.1) is 0 Å². The van der Waals surface area contributed by atoms with Crippen molar-refractivity contribution in [3.8, 4) is 0 Å². The second-order valence-corrected chi connectivity index (χ2v) is 5.82. The molecule has 0 aliphatic carbocycles. The molecule has 1 heterocycles. The van der Waals surface area contributed by atoms with Gasteiger partial charge in [-0.3, -0.25) is 0 Å². The lowest BCUT2D eigenvalue weighted by atomic mass is 9.94. The first-order chi connectivity index (χ1) is 12.5. The Hall–Kier alpha value is -2.39. The molecule has 1 nitrogen and oxygen atoms in total. The number of hydrogen-bond donors (Lipinski definition) is 0. The molecule has 0 N–H and O–H groups in total. The maximum absolute atomic E-state index is 14.6. The van der Waals surface area contributed by atoms with Crippen LogP contribution in [0.15, 0.2) is 72.7 Å². The summed E-state index contributed by atoms with van der Waals surface area (Å²) in [5.74, 6) is -0.889. The Morgan fingerprint density at radius 2 is 1.65 bits per heavy atom. The van der Waals surface area contributed by atoms with E-state index in [9.17, 15) is 8.78 Å². The third-order valence-electron chi connectivity index (χ3n) is 4.00. The van der Waals surface area contributed by atoms with E-state index in [1.165, 1.54) is 12.1 Å². The van der Waals surface area contributed by atoms with E-state index in [4.69, 9.17) is 11.6 Å². The number of hydrogen-bond acceptors (Lipinski definition) is 1. The second-order valence-electron chi connectivity index (χ2n) is 5.41. The molecule has 0 amide bonds. The van der Waals surface area contributed by atoms with Crippen LogP contribution in [0.3, 0.4) is 0 Å². The third-order valence-corrected chi connectivity index (χ3v) is 4.31. The monoisotopic (exact) mass is 373 g/mol. The standard InChI is InChI=1S/C20H16ClF2N.C2H6/c1-3-24-13(2)18(23)12-15(14-8-5-4-6-9-14)20(24)19-16(21)10-7-11-17(19)22;1-2/h4-12H,2-3H2,1H3;1-2H3. The predicted octanol–water partition coefficient (Wildman–Crippen LogP) is 7.08. The van der Waals surface area contributed by atoms with Crippen LogP contribution in [0, 0.1) is 5.82 Å². The van der Waals surface area contributed by atoms with E-state index < -0.39 is 11.6 Å². The molecule has 0 aromatic heterocycles. The number of likely N-dealkylation sites (N-methyl/N-ethyl adjacent to an activating group) is 1. The van der Waals surface area contributed by atoms with Crippen molar-refractivity contribution in [1.29, 1.82) is 0 Å². The molecule has 1 aliphatic rings. The summed E-state index contributed by atoms with van der Waals surface area (Å²) >= 11 is 6.28. The zero-order valence-electron chi connectivity index (χ0n) is 15.2. The van der Waals surface area contributed by atoms with Gasteiger partial charge in [-0.2, -0.15) is 0 Å². The fourth-order valence-electron chi connectivity index (χ4n) is 2.87. The van der Waals surface area contributed by atoms with Crippen molar-refractivity contribution in [3.63, 3.8) is 0 Å². The molecule has 26 heavy (non-hydrogen) atoms. The van der Waals surface area contributed by atoms with E-state index in [0.717, 1.165) is 5.56 Å². The number of benzene rings is 2. The van der Waals surface area contributed by atoms with Crippen molar-refractivity contribution in [3.05, 3.63) is 94.7 Å². The Balaban J connectivity index is 0.00000117. The summed E-state index contributed by atoms with van der Waals surface area (Å²) in [6.07, 6.45) is 1.39. The summed E-state index contributed by atoms with van der Waals surface area (Å²) < 4.78 is 29.0. The summed E-state index contributed by atoms with van der Waals surface area (Å²) in [6.45, 7) is 10.1. The van der Waals surface area contributed by atoms with Crippen molar-refractivity contribution in [2.24, 2.45) is 0 Å². The smallest absolute Gasteiger partial charge is 0.146 e. The summed E-state index contributed by atoms with van der Waals surface area (Å²) in [7, 11) is 0. The molecule has 0 radical (unpaired) electrons. The normalized spacial score (nSPS) is 14.0. The van der Waals surface area contributed by atoms with Crippen LogP contribution < -0.4 is 0 Å². The molecule has 1 aliphatic heterocycles. The molecule has 3 rings (SSSR count). The summed E-state index contributed by atoms with van der Waals surface area (Å²) in [4.78, 5) is 1.65. The summed E-state index contributed by atoms with van der Waals surface area (Å²) in [5.41, 5.74) is 2.34. The van der Waals surface area contributed by atoms with E-state index in [-0.39, 0.29) is 16.3 Å². The maximum atomic E-state index is 14.6. The highest BCUT2D eigenvalue weighted by atomic mass is 35.5. The Morgan fingerprint density at radius 1 is 1.00 bits per heavy atom. The topological polar surface area (TPSA) is 3.24 Å². The minimum Gasteiger partial charge on any atom is -0.339 e. The van der Waals surface area contributed by atoms with Gasteiger partial charge in [0, 0.05) is 12.1 Å². The van der Waals surface area contributed by atoms with E-state index >= 15 is 0 Å². The molecule has 0 saturated heterocycles. The van der Waals surface area contributed by atoms with Crippen LogP contribution in [0.4, 0.5) is 8.78 Å². The molecule has 0 saturated carbocycles. The Kier molecular flexibility index (Phi) is 6.76. The maximum Gasteiger partial charge on any atom is 0.146 e. The second kappa shape index (κ2) is 8.81. The van der Waals surface area contributed by atoms with E-state index in [1.807, 2.05) is 51.1 Å². The fraction of sp³-hybridized carbons (Fsp3) is 0.182. The highest BCUT2D eigenvalue weighted by Crippen LogP contribution is 2.42. The van der Waals surface area contributed by atoms with Gasteiger partial charge in [0.25, 0.3) is 0 Å². The van der Waals surface area contributed by atoms with Gasteiger partial charge in [0.1, 0.15) is 11.6 Å². The molecule has 0 unspecified atom stereocenters.